The van der Waals surface area contributed by atoms with Crippen LogP contribution in [-0.2, 0) is 35.1 Å². The molecule has 0 bridgehead atoms. The summed E-state index contributed by atoms with van der Waals surface area (Å²) in [4.78, 5) is 43.1. The van der Waals surface area contributed by atoms with E-state index in [4.69, 9.17) is 35.1 Å². The van der Waals surface area contributed by atoms with Gasteiger partial charge in [-0.2, -0.15) is 0 Å². The second-order valence-corrected chi connectivity index (χ2v) is 19.0. The quantitative estimate of drug-likeness (QED) is 0.0579. The van der Waals surface area contributed by atoms with Crippen molar-refractivity contribution in [2.24, 2.45) is 5.92 Å². The van der Waals surface area contributed by atoms with Crippen LogP contribution in [0.1, 0.15) is 88.8 Å². The molecule has 4 N–H and O–H groups in total. The van der Waals surface area contributed by atoms with Crippen molar-refractivity contribution < 1.29 is 48.1 Å². The number of fused-ring (bicyclic) bond motifs is 3. The minimum absolute atomic E-state index is 0.00674. The van der Waals surface area contributed by atoms with Crippen LogP contribution in [0.5, 0.6) is 11.5 Å². The minimum Gasteiger partial charge on any atom is -0.508 e. The molecule has 68 heavy (non-hydrogen) atoms. The van der Waals surface area contributed by atoms with Crippen molar-refractivity contribution >= 4 is 46.2 Å². The number of phenolic OH excluding ortho intramolecular Hbond substituents is 1. The van der Waals surface area contributed by atoms with Crippen molar-refractivity contribution in [2.45, 2.75) is 84.9 Å². The number of ether oxygens (including phenoxy) is 4. The molecule has 1 saturated heterocycles. The van der Waals surface area contributed by atoms with Gasteiger partial charge >= 0.3 is 0 Å². The standard InChI is InChI=1S/C49H60ClN7O10S/c1-28(2)44(42-21-29(3)55-67-42)48(62)56-27-38(59)24-40(56)47(61)52-26-34-9-12-37(58)25-41(34)66-20-19-65-18-17-64-16-15-63-14-13-51-43(60)23-35-22-39(33-7-10-36(50)11-8-33)45-30(4)31(5)68-49(45)57-32(6)53-54-46(35)57/h7-12,21-22,25,28,35,38,40,44,58-59H,13-20,23-24,26-27H2,1-6H3,(H,51,60)(H,52,61)/t35-,38+,40-,44?/m0/s1. The predicted molar refractivity (Wildman–Crippen MR) is 255 cm³/mol. The number of aromatic hydroxyl groups is 1. The summed E-state index contributed by atoms with van der Waals surface area (Å²) in [5, 5.41) is 41.1. The molecular weight excluding hydrogens is 914 g/mol. The van der Waals surface area contributed by atoms with Gasteiger partial charge in [-0.15, -0.1) is 21.5 Å². The Morgan fingerprint density at radius 1 is 0.926 bits per heavy atom. The molecule has 2 aliphatic heterocycles. The smallest absolute Gasteiger partial charge is 0.243 e. The summed E-state index contributed by atoms with van der Waals surface area (Å²) in [7, 11) is 0. The van der Waals surface area contributed by atoms with Gasteiger partial charge in [0, 0.05) is 71.6 Å². The first-order chi connectivity index (χ1) is 32.7. The van der Waals surface area contributed by atoms with Crippen molar-refractivity contribution in [1.82, 2.24) is 35.5 Å². The largest absolute Gasteiger partial charge is 0.508 e. The van der Waals surface area contributed by atoms with Crippen LogP contribution in [0.4, 0.5) is 0 Å². The molecule has 0 radical (unpaired) electrons. The number of amides is 3. The summed E-state index contributed by atoms with van der Waals surface area (Å²) in [6.45, 7) is 14.2. The predicted octanol–water partition coefficient (Wildman–Crippen LogP) is 6.09. The zero-order valence-corrected chi connectivity index (χ0v) is 40.8. The molecule has 1 unspecified atom stereocenters. The van der Waals surface area contributed by atoms with Crippen LogP contribution in [-0.4, -0.2) is 124 Å². The van der Waals surface area contributed by atoms with E-state index in [1.54, 1.807) is 30.4 Å². The van der Waals surface area contributed by atoms with Crippen LogP contribution in [0, 0.1) is 33.6 Å². The number of phenols is 1. The number of halogens is 1. The van der Waals surface area contributed by atoms with Crippen molar-refractivity contribution in [1.29, 1.82) is 0 Å². The van der Waals surface area contributed by atoms with Crippen molar-refractivity contribution in [3.8, 4) is 16.5 Å². The molecule has 17 nitrogen and oxygen atoms in total. The average Bonchev–Trinajstić information content (AvgIpc) is 4.07. The van der Waals surface area contributed by atoms with Gasteiger partial charge in [-0.25, -0.2) is 0 Å². The fourth-order valence-electron chi connectivity index (χ4n) is 8.49. The van der Waals surface area contributed by atoms with E-state index in [1.807, 2.05) is 45.0 Å². The lowest BCUT2D eigenvalue weighted by Crippen LogP contribution is -2.48. The molecule has 2 aliphatic rings. The number of aliphatic hydroxyl groups is 1. The summed E-state index contributed by atoms with van der Waals surface area (Å²) in [6, 6.07) is 13.2. The maximum Gasteiger partial charge on any atom is 0.243 e. The van der Waals surface area contributed by atoms with Crippen LogP contribution in [0.15, 0.2) is 59.1 Å². The Bertz CT molecular complexity index is 2570. The molecule has 0 aliphatic carbocycles. The number of carbonyl (C=O) groups excluding carboxylic acids is 3. The van der Waals surface area contributed by atoms with Crippen molar-refractivity contribution in [2.75, 3.05) is 59.3 Å². The van der Waals surface area contributed by atoms with Gasteiger partial charge in [-0.05, 0) is 74.6 Å². The van der Waals surface area contributed by atoms with E-state index in [1.165, 1.54) is 27.5 Å². The highest BCUT2D eigenvalue weighted by atomic mass is 35.5. The third kappa shape index (κ3) is 12.1. The molecule has 364 valence electrons. The van der Waals surface area contributed by atoms with Gasteiger partial charge in [0.1, 0.15) is 52.5 Å². The normalized spacial score (nSPS) is 17.1. The molecule has 7 rings (SSSR count). The number of allylic oxidation sites excluding steroid dienone is 1. The molecule has 3 amide bonds. The van der Waals surface area contributed by atoms with E-state index in [2.05, 4.69) is 50.5 Å². The van der Waals surface area contributed by atoms with Gasteiger partial charge < -0.3 is 49.2 Å². The zero-order chi connectivity index (χ0) is 48.5. The van der Waals surface area contributed by atoms with Crippen molar-refractivity contribution in [3.05, 3.63) is 110 Å². The first-order valence-corrected chi connectivity index (χ1v) is 24.0. The summed E-state index contributed by atoms with van der Waals surface area (Å²) >= 11 is 7.94. The number of aromatic nitrogens is 4. The molecule has 2 aromatic carbocycles. The number of rotatable bonds is 22. The van der Waals surface area contributed by atoms with Crippen molar-refractivity contribution in [3.63, 3.8) is 0 Å². The number of carbonyl (C=O) groups is 3. The monoisotopic (exact) mass is 973 g/mol. The minimum atomic E-state index is -0.878. The fraction of sp³-hybridized carbons (Fsp3) is 0.469. The Morgan fingerprint density at radius 3 is 2.32 bits per heavy atom. The van der Waals surface area contributed by atoms with Gasteiger partial charge in [0.25, 0.3) is 0 Å². The maximum atomic E-state index is 13.7. The van der Waals surface area contributed by atoms with E-state index in [-0.39, 0.29) is 68.5 Å². The Kier molecular flexibility index (Phi) is 17.1. The Labute approximate surface area is 404 Å². The number of nitrogens with zero attached hydrogens (tertiary/aromatic N) is 5. The number of likely N-dealkylation sites (tertiary alicyclic amines) is 1. The first-order valence-electron chi connectivity index (χ1n) is 22.8. The molecular formula is C49H60ClN7O10S. The lowest BCUT2D eigenvalue weighted by Gasteiger charge is -2.28. The van der Waals surface area contributed by atoms with Crippen LogP contribution in [0.3, 0.4) is 0 Å². The fourth-order valence-corrected chi connectivity index (χ4v) is 9.85. The van der Waals surface area contributed by atoms with E-state index in [0.717, 1.165) is 33.3 Å². The SMILES string of the molecule is Cc1cc(C(C(=O)N2C[C@H](O)C[C@H]2C(=O)NCc2ccc(O)cc2OCCOCCOCCOCCNC(=O)C[C@@H]2C=C(c3ccc(Cl)cc3)c3c(sc(C)c3C)-n3c(C)nnc32)C(C)C)on1. The molecule has 3 aromatic heterocycles. The summed E-state index contributed by atoms with van der Waals surface area (Å²) in [6.07, 6.45) is 1.56. The number of aliphatic hydroxyl groups excluding tert-OH is 1. The first kappa shape index (κ1) is 50.3. The maximum absolute atomic E-state index is 13.7. The van der Waals surface area contributed by atoms with Gasteiger partial charge in [-0.3, -0.25) is 19.0 Å². The van der Waals surface area contributed by atoms with E-state index in [9.17, 15) is 24.6 Å². The van der Waals surface area contributed by atoms with E-state index in [0.29, 0.717) is 67.4 Å². The van der Waals surface area contributed by atoms with Gasteiger partial charge in [0.05, 0.1) is 51.4 Å². The highest BCUT2D eigenvalue weighted by molar-refractivity contribution is 7.15. The Hall–Kier alpha value is -5.63. The van der Waals surface area contributed by atoms with Crippen LogP contribution < -0.4 is 15.4 Å². The Morgan fingerprint density at radius 2 is 1.63 bits per heavy atom. The molecule has 5 heterocycles. The number of thiophene rings is 1. The second kappa shape index (κ2) is 23.1. The summed E-state index contributed by atoms with van der Waals surface area (Å²) < 4.78 is 30.4. The Balaban J connectivity index is 0.785. The summed E-state index contributed by atoms with van der Waals surface area (Å²) in [5.41, 5.74) is 5.60. The lowest BCUT2D eigenvalue weighted by atomic mass is 9.91. The molecule has 19 heteroatoms. The summed E-state index contributed by atoms with van der Waals surface area (Å²) in [5.74, 6) is 0.295. The number of hydrogen-bond acceptors (Lipinski definition) is 14. The van der Waals surface area contributed by atoms with Crippen LogP contribution >= 0.6 is 22.9 Å². The molecule has 0 saturated carbocycles. The molecule has 5 aromatic rings. The van der Waals surface area contributed by atoms with E-state index < -0.39 is 24.0 Å². The average molecular weight is 975 g/mol. The highest BCUT2D eigenvalue weighted by Crippen LogP contribution is 2.44. The highest BCUT2D eigenvalue weighted by Gasteiger charge is 2.43. The molecule has 1 fully saturated rings. The van der Waals surface area contributed by atoms with Gasteiger partial charge in [0.2, 0.25) is 17.7 Å². The molecule has 0 spiro atoms. The number of aryl methyl sites for hydroxylation is 3. The van der Waals surface area contributed by atoms with Gasteiger partial charge in [-0.1, -0.05) is 48.8 Å². The van der Waals surface area contributed by atoms with Gasteiger partial charge in [0.15, 0.2) is 0 Å². The third-order valence-corrected chi connectivity index (χ3v) is 13.4. The van der Waals surface area contributed by atoms with Crippen LogP contribution in [0.25, 0.3) is 10.6 Å². The second-order valence-electron chi connectivity index (χ2n) is 17.3. The number of β-amino-alcohol motifs (C(OH)–C–C–N with tert-alkyl or cyclic N) is 1. The van der Waals surface area contributed by atoms with Crippen LogP contribution in [0.2, 0.25) is 5.02 Å². The number of hydrogen-bond donors (Lipinski definition) is 4. The van der Waals surface area contributed by atoms with E-state index >= 15 is 0 Å². The number of benzene rings is 2. The topological polar surface area (TPSA) is 213 Å². The zero-order valence-electron chi connectivity index (χ0n) is 39.3. The molecule has 4 atom stereocenters. The lowest BCUT2D eigenvalue weighted by molar-refractivity contribution is -0.141. The third-order valence-electron chi connectivity index (χ3n) is 12.0. The number of nitrogens with one attached hydrogen (secondary N) is 2.